The van der Waals surface area contributed by atoms with Crippen molar-refractivity contribution in [3.05, 3.63) is 180 Å². The molecule has 1 heteroatoms. The van der Waals surface area contributed by atoms with Gasteiger partial charge in [-0.15, -0.1) is 0 Å². The van der Waals surface area contributed by atoms with Crippen LogP contribution in [0.2, 0.25) is 0 Å². The van der Waals surface area contributed by atoms with Crippen molar-refractivity contribution in [2.24, 2.45) is 0 Å². The fraction of sp³-hybridized carbons (Fsp3) is 0.0222. The topological polar surface area (TPSA) is 13.1 Å². The summed E-state index contributed by atoms with van der Waals surface area (Å²) in [5, 5.41) is 7.17. The molecule has 9 aromatic rings. The lowest BCUT2D eigenvalue weighted by atomic mass is 9.68. The van der Waals surface area contributed by atoms with Crippen molar-refractivity contribution in [1.29, 1.82) is 0 Å². The molecule has 0 unspecified atom stereocenters. The first-order valence-electron chi connectivity index (χ1n) is 16.0. The van der Waals surface area contributed by atoms with Gasteiger partial charge in [-0.25, -0.2) is 0 Å². The van der Waals surface area contributed by atoms with Crippen molar-refractivity contribution >= 4 is 43.5 Å². The van der Waals surface area contributed by atoms with Gasteiger partial charge in [0.25, 0.3) is 0 Å². The summed E-state index contributed by atoms with van der Waals surface area (Å²) in [6.45, 7) is 0. The number of hydrogen-bond acceptors (Lipinski definition) is 1. The Morgan fingerprint density at radius 1 is 0.326 bits per heavy atom. The molecule has 2 aliphatic rings. The van der Waals surface area contributed by atoms with Crippen molar-refractivity contribution in [3.63, 3.8) is 0 Å². The third-order valence-corrected chi connectivity index (χ3v) is 10.7. The molecule has 11 rings (SSSR count). The third-order valence-electron chi connectivity index (χ3n) is 10.7. The summed E-state index contributed by atoms with van der Waals surface area (Å²) < 4.78 is 6.77. The van der Waals surface area contributed by atoms with Gasteiger partial charge in [-0.1, -0.05) is 146 Å². The van der Waals surface area contributed by atoms with Gasteiger partial charge in [0.15, 0.2) is 0 Å². The Morgan fingerprint density at radius 2 is 0.804 bits per heavy atom. The quantitative estimate of drug-likeness (QED) is 0.188. The summed E-state index contributed by atoms with van der Waals surface area (Å²) in [6, 6.07) is 58.2. The Kier molecular flexibility index (Phi) is 4.57. The maximum absolute atomic E-state index is 6.77. The maximum Gasteiger partial charge on any atom is 0.135 e. The number of hydrogen-bond donors (Lipinski definition) is 0. The van der Waals surface area contributed by atoms with Crippen LogP contribution in [-0.2, 0) is 5.41 Å². The Labute approximate surface area is 266 Å². The van der Waals surface area contributed by atoms with Crippen LogP contribution in [0, 0.1) is 0 Å². The second-order valence-electron chi connectivity index (χ2n) is 12.7. The van der Waals surface area contributed by atoms with Gasteiger partial charge in [0, 0.05) is 10.8 Å². The van der Waals surface area contributed by atoms with Gasteiger partial charge in [0.2, 0.25) is 0 Å². The van der Waals surface area contributed by atoms with E-state index in [1.165, 1.54) is 82.6 Å². The predicted octanol–water partition coefficient (Wildman–Crippen LogP) is 11.9. The summed E-state index contributed by atoms with van der Waals surface area (Å²) in [6.07, 6.45) is 0. The van der Waals surface area contributed by atoms with Gasteiger partial charge in [0.05, 0.1) is 5.41 Å². The van der Waals surface area contributed by atoms with Gasteiger partial charge in [-0.3, -0.25) is 0 Å². The number of fused-ring (bicyclic) bond motifs is 11. The van der Waals surface area contributed by atoms with Crippen molar-refractivity contribution in [1.82, 2.24) is 0 Å². The van der Waals surface area contributed by atoms with Crippen LogP contribution >= 0.6 is 0 Å². The first-order chi connectivity index (χ1) is 22.8. The molecule has 1 aromatic heterocycles. The van der Waals surface area contributed by atoms with Crippen LogP contribution in [0.5, 0.6) is 0 Å². The molecule has 0 saturated carbocycles. The third kappa shape index (κ3) is 2.83. The van der Waals surface area contributed by atoms with Crippen LogP contribution in [0.25, 0.3) is 76.9 Å². The summed E-state index contributed by atoms with van der Waals surface area (Å²) in [4.78, 5) is 0. The summed E-state index contributed by atoms with van der Waals surface area (Å²) in [5.74, 6) is 0. The molecular weight excluding hydrogens is 556 g/mol. The normalized spacial score (nSPS) is 13.8. The lowest BCUT2D eigenvalue weighted by molar-refractivity contribution is 0.664. The van der Waals surface area contributed by atoms with Crippen LogP contribution in [0.1, 0.15) is 22.3 Å². The molecule has 1 spiro atoms. The molecule has 1 heterocycles. The van der Waals surface area contributed by atoms with Gasteiger partial charge in [-0.2, -0.15) is 0 Å². The molecular formula is C45H26O. The molecule has 0 radical (unpaired) electrons. The zero-order chi connectivity index (χ0) is 30.0. The zero-order valence-corrected chi connectivity index (χ0v) is 24.9. The van der Waals surface area contributed by atoms with E-state index in [1.807, 2.05) is 0 Å². The van der Waals surface area contributed by atoms with Crippen LogP contribution in [0.3, 0.4) is 0 Å². The van der Waals surface area contributed by atoms with E-state index in [2.05, 4.69) is 158 Å². The highest BCUT2D eigenvalue weighted by molar-refractivity contribution is 6.25. The van der Waals surface area contributed by atoms with E-state index in [4.69, 9.17) is 4.42 Å². The fourth-order valence-electron chi connectivity index (χ4n) is 9.03. The van der Waals surface area contributed by atoms with Gasteiger partial charge < -0.3 is 4.42 Å². The molecule has 0 atom stereocenters. The van der Waals surface area contributed by atoms with E-state index in [9.17, 15) is 0 Å². The lowest BCUT2D eigenvalue weighted by Gasteiger charge is -2.32. The lowest BCUT2D eigenvalue weighted by Crippen LogP contribution is -2.26. The second-order valence-corrected chi connectivity index (χ2v) is 12.7. The molecule has 0 N–H and O–H groups in total. The molecule has 0 saturated heterocycles. The average molecular weight is 583 g/mol. The molecule has 0 fully saturated rings. The SMILES string of the molecule is c1ccc2c(c1)-c1ccccc1C21c2ccccc2-c2cccc(-c3ccc4oc5cccc6cccc(c7cccc3c47)c65)c21. The zero-order valence-electron chi connectivity index (χ0n) is 24.9. The highest BCUT2D eigenvalue weighted by atomic mass is 16.3. The van der Waals surface area contributed by atoms with Crippen molar-refractivity contribution in [3.8, 4) is 33.4 Å². The van der Waals surface area contributed by atoms with Crippen molar-refractivity contribution in [2.75, 3.05) is 0 Å². The van der Waals surface area contributed by atoms with Crippen LogP contribution < -0.4 is 0 Å². The van der Waals surface area contributed by atoms with Crippen molar-refractivity contribution in [2.45, 2.75) is 5.41 Å². The highest BCUT2D eigenvalue weighted by Gasteiger charge is 2.52. The van der Waals surface area contributed by atoms with Gasteiger partial charge in [-0.05, 0) is 89.3 Å². The second kappa shape index (κ2) is 8.62. The number of rotatable bonds is 1. The molecule has 0 amide bonds. The summed E-state index contributed by atoms with van der Waals surface area (Å²) in [7, 11) is 0. The number of benzene rings is 8. The van der Waals surface area contributed by atoms with Crippen molar-refractivity contribution < 1.29 is 4.42 Å². The molecule has 0 bridgehead atoms. The molecule has 2 aliphatic carbocycles. The predicted molar refractivity (Wildman–Crippen MR) is 190 cm³/mol. The molecule has 46 heavy (non-hydrogen) atoms. The fourth-order valence-corrected chi connectivity index (χ4v) is 9.03. The van der Waals surface area contributed by atoms with Gasteiger partial charge in [0.1, 0.15) is 11.2 Å². The minimum Gasteiger partial charge on any atom is -0.456 e. The van der Waals surface area contributed by atoms with Gasteiger partial charge >= 0.3 is 0 Å². The van der Waals surface area contributed by atoms with Crippen LogP contribution in [-0.4, -0.2) is 0 Å². The minimum atomic E-state index is -0.412. The largest absolute Gasteiger partial charge is 0.456 e. The van der Waals surface area contributed by atoms with E-state index in [-0.39, 0.29) is 0 Å². The van der Waals surface area contributed by atoms with E-state index in [0.29, 0.717) is 0 Å². The maximum atomic E-state index is 6.77. The Hall–Kier alpha value is -5.92. The Morgan fingerprint density at radius 3 is 1.50 bits per heavy atom. The van der Waals surface area contributed by atoms with Crippen LogP contribution in [0.4, 0.5) is 0 Å². The smallest absolute Gasteiger partial charge is 0.135 e. The van der Waals surface area contributed by atoms with E-state index >= 15 is 0 Å². The standard InChI is InChI=1S/C45H26O/c1-4-21-37-29(13-1)30-14-2-5-22-38(30)45(37)39-23-6-3-15-31(39)36-20-10-19-35(44(36)45)28-25-26-41-43-32(28)17-9-18-34(43)33-16-7-11-27-12-8-24-40(46-41)42(27)33/h1-26H. The molecule has 0 aliphatic heterocycles. The summed E-state index contributed by atoms with van der Waals surface area (Å²) in [5.41, 5.74) is 14.6. The molecule has 212 valence electrons. The van der Waals surface area contributed by atoms with Crippen LogP contribution in [0.15, 0.2) is 162 Å². The van der Waals surface area contributed by atoms with E-state index < -0.39 is 5.41 Å². The van der Waals surface area contributed by atoms with E-state index in [0.717, 1.165) is 16.6 Å². The van der Waals surface area contributed by atoms with E-state index in [1.54, 1.807) is 0 Å². The minimum absolute atomic E-state index is 0.412. The first kappa shape index (κ1) is 24.4. The molecule has 8 aromatic carbocycles. The monoisotopic (exact) mass is 582 g/mol. The highest BCUT2D eigenvalue weighted by Crippen LogP contribution is 2.64. The average Bonchev–Trinajstić information content (AvgIpc) is 3.53. The Balaban J connectivity index is 1.32. The first-order valence-corrected chi connectivity index (χ1v) is 16.0. The summed E-state index contributed by atoms with van der Waals surface area (Å²) >= 11 is 0. The Bertz CT molecular complexity index is 2690. The molecule has 1 nitrogen and oxygen atoms in total.